The van der Waals surface area contributed by atoms with E-state index in [0.717, 1.165) is 22.2 Å². The molecule has 0 aliphatic carbocycles. The summed E-state index contributed by atoms with van der Waals surface area (Å²) in [5.74, 6) is 9.46. The molecule has 4 aromatic rings. The lowest BCUT2D eigenvalue weighted by molar-refractivity contribution is 0.212. The highest BCUT2D eigenvalue weighted by atomic mass is 16.5. The number of ether oxygens (including phenoxy) is 2. The predicted octanol–water partition coefficient (Wildman–Crippen LogP) is 3.38. The lowest BCUT2D eigenvalue weighted by Gasteiger charge is -2.11. The van der Waals surface area contributed by atoms with Gasteiger partial charge in [-0.3, -0.25) is 0 Å². The van der Waals surface area contributed by atoms with E-state index in [4.69, 9.17) is 9.47 Å². The number of pyridine rings is 4. The minimum atomic E-state index is 0.355. The van der Waals surface area contributed by atoms with Crippen LogP contribution >= 0.6 is 0 Å². The lowest BCUT2D eigenvalue weighted by atomic mass is 10.1. The number of nitrogens with one attached hydrogen (secondary N) is 2. The Morgan fingerprint density at radius 2 is 1.87 bits per heavy atom. The number of anilines is 3. The molecule has 31 heavy (non-hydrogen) atoms. The molecule has 0 saturated heterocycles. The van der Waals surface area contributed by atoms with Gasteiger partial charge in [-0.15, -0.1) is 0 Å². The van der Waals surface area contributed by atoms with Crippen LogP contribution < -0.4 is 20.1 Å². The van der Waals surface area contributed by atoms with Gasteiger partial charge in [-0.05, 0) is 24.1 Å². The lowest BCUT2D eigenvalue weighted by Crippen LogP contribution is -2.10. The average molecular weight is 410 g/mol. The van der Waals surface area contributed by atoms with Gasteiger partial charge in [0.15, 0.2) is 0 Å². The molecule has 152 valence electrons. The van der Waals surface area contributed by atoms with E-state index in [2.05, 4.69) is 42.4 Å². The van der Waals surface area contributed by atoms with Crippen molar-refractivity contribution >= 4 is 28.2 Å². The first-order chi connectivity index (χ1) is 15.3. The highest BCUT2D eigenvalue weighted by molar-refractivity contribution is 5.96. The molecule has 5 rings (SSSR count). The van der Waals surface area contributed by atoms with Crippen LogP contribution in [-0.4, -0.2) is 40.2 Å². The molecule has 0 amide bonds. The summed E-state index contributed by atoms with van der Waals surface area (Å²) in [4.78, 5) is 17.8. The van der Waals surface area contributed by atoms with Gasteiger partial charge in [-0.25, -0.2) is 15.0 Å². The smallest absolute Gasteiger partial charge is 0.215 e. The predicted molar refractivity (Wildman–Crippen MR) is 118 cm³/mol. The van der Waals surface area contributed by atoms with Gasteiger partial charge in [0.25, 0.3) is 0 Å². The standard InChI is InChI=1S/C23H18N6O2/c1-24-23-19-14-26-21-12-18(19)15(13-27-23)5-6-16-11-17(7-8-25-16)30-9-10-31-22-4-2-3-20(28-21)29-22/h2-4,7-8,11-14H,9-10H2,1H3,(H,24,27)(H,26,28,29). The van der Waals surface area contributed by atoms with Crippen molar-refractivity contribution in [3.8, 4) is 23.5 Å². The van der Waals surface area contributed by atoms with E-state index >= 15 is 0 Å². The summed E-state index contributed by atoms with van der Waals surface area (Å²) in [6.07, 6.45) is 5.18. The molecule has 1 aliphatic heterocycles. The Morgan fingerprint density at radius 1 is 0.935 bits per heavy atom. The second kappa shape index (κ2) is 8.16. The summed E-state index contributed by atoms with van der Waals surface area (Å²) in [6.45, 7) is 0.725. The fraction of sp³-hybridized carbons (Fsp3) is 0.130. The number of nitrogens with zero attached hydrogens (tertiary/aromatic N) is 4. The first kappa shape index (κ1) is 18.6. The van der Waals surface area contributed by atoms with E-state index in [9.17, 15) is 0 Å². The van der Waals surface area contributed by atoms with Crippen LogP contribution in [0.4, 0.5) is 17.5 Å². The maximum absolute atomic E-state index is 5.76. The molecule has 0 fully saturated rings. The van der Waals surface area contributed by atoms with Crippen LogP contribution in [-0.2, 0) is 0 Å². The van der Waals surface area contributed by atoms with Gasteiger partial charge in [-0.1, -0.05) is 12.0 Å². The van der Waals surface area contributed by atoms with Gasteiger partial charge in [0, 0.05) is 48.5 Å². The Morgan fingerprint density at radius 3 is 2.81 bits per heavy atom. The Bertz CT molecular complexity index is 1330. The van der Waals surface area contributed by atoms with Crippen molar-refractivity contribution < 1.29 is 9.47 Å². The zero-order valence-corrected chi connectivity index (χ0v) is 16.7. The molecule has 5 heterocycles. The number of aromatic nitrogens is 4. The molecular formula is C23H18N6O2. The molecule has 0 spiro atoms. The topological polar surface area (TPSA) is 94.1 Å². The molecule has 0 saturated carbocycles. The van der Waals surface area contributed by atoms with Crippen molar-refractivity contribution in [1.82, 2.24) is 19.9 Å². The molecule has 0 unspecified atom stereocenters. The van der Waals surface area contributed by atoms with E-state index in [0.29, 0.717) is 42.2 Å². The van der Waals surface area contributed by atoms with Gasteiger partial charge in [0.1, 0.15) is 42.1 Å². The van der Waals surface area contributed by atoms with Crippen LogP contribution in [0.2, 0.25) is 0 Å². The molecule has 8 nitrogen and oxygen atoms in total. The quantitative estimate of drug-likeness (QED) is 0.461. The SMILES string of the molecule is CNc1ncc2c3cc(ncc13)Nc1cccc(n1)OCCOc1ccnc(c1)C#C2. The first-order valence-corrected chi connectivity index (χ1v) is 9.73. The van der Waals surface area contributed by atoms with Gasteiger partial charge < -0.3 is 20.1 Å². The third kappa shape index (κ3) is 4.02. The molecule has 4 aromatic heterocycles. The van der Waals surface area contributed by atoms with Crippen molar-refractivity contribution in [2.24, 2.45) is 0 Å². The Balaban J connectivity index is 1.66. The van der Waals surface area contributed by atoms with Crippen LogP contribution in [0.1, 0.15) is 11.3 Å². The summed E-state index contributed by atoms with van der Waals surface area (Å²) in [7, 11) is 1.82. The van der Waals surface area contributed by atoms with Gasteiger partial charge in [0.2, 0.25) is 5.88 Å². The second-order valence-corrected chi connectivity index (χ2v) is 6.70. The minimum Gasteiger partial charge on any atom is -0.490 e. The Labute approximate surface area is 178 Å². The van der Waals surface area contributed by atoms with Crippen molar-refractivity contribution in [2.45, 2.75) is 0 Å². The molecule has 0 radical (unpaired) electrons. The van der Waals surface area contributed by atoms with E-state index in [1.807, 2.05) is 25.2 Å². The molecule has 2 N–H and O–H groups in total. The summed E-state index contributed by atoms with van der Waals surface area (Å²) < 4.78 is 11.5. The molecule has 0 atom stereocenters. The van der Waals surface area contributed by atoms with Crippen LogP contribution in [0, 0.1) is 11.8 Å². The second-order valence-electron chi connectivity index (χ2n) is 6.70. The van der Waals surface area contributed by atoms with Gasteiger partial charge >= 0.3 is 0 Å². The number of fused-ring (bicyclic) bond motifs is 5. The fourth-order valence-electron chi connectivity index (χ4n) is 3.20. The largest absolute Gasteiger partial charge is 0.490 e. The van der Waals surface area contributed by atoms with E-state index in [-0.39, 0.29) is 0 Å². The van der Waals surface area contributed by atoms with Crippen molar-refractivity contribution in [3.05, 3.63) is 66.2 Å². The van der Waals surface area contributed by atoms with E-state index in [1.54, 1.807) is 36.8 Å². The van der Waals surface area contributed by atoms with E-state index in [1.165, 1.54) is 0 Å². The highest BCUT2D eigenvalue weighted by Crippen LogP contribution is 2.27. The maximum atomic E-state index is 5.76. The van der Waals surface area contributed by atoms with Gasteiger partial charge in [-0.2, -0.15) is 4.98 Å². The van der Waals surface area contributed by atoms with Crippen molar-refractivity contribution in [2.75, 3.05) is 30.9 Å². The number of rotatable bonds is 1. The average Bonchev–Trinajstić information content (AvgIpc) is 2.80. The number of hydrogen-bond donors (Lipinski definition) is 2. The minimum absolute atomic E-state index is 0.355. The zero-order chi connectivity index (χ0) is 21.0. The molecule has 0 aromatic carbocycles. The first-order valence-electron chi connectivity index (χ1n) is 9.73. The highest BCUT2D eigenvalue weighted by Gasteiger charge is 2.09. The monoisotopic (exact) mass is 410 g/mol. The third-order valence-electron chi connectivity index (χ3n) is 4.65. The van der Waals surface area contributed by atoms with Crippen LogP contribution in [0.3, 0.4) is 0 Å². The van der Waals surface area contributed by atoms with Crippen LogP contribution in [0.5, 0.6) is 11.6 Å². The third-order valence-corrected chi connectivity index (χ3v) is 4.65. The molecular weight excluding hydrogens is 392 g/mol. The Hall–Kier alpha value is -4.38. The maximum Gasteiger partial charge on any atom is 0.215 e. The molecule has 1 aliphatic rings. The van der Waals surface area contributed by atoms with Crippen molar-refractivity contribution in [3.63, 3.8) is 0 Å². The normalized spacial score (nSPS) is 12.5. The summed E-state index contributed by atoms with van der Waals surface area (Å²) in [5.41, 5.74) is 1.37. The van der Waals surface area contributed by atoms with Crippen LogP contribution in [0.15, 0.2) is 55.0 Å². The van der Waals surface area contributed by atoms with Crippen LogP contribution in [0.25, 0.3) is 10.8 Å². The summed E-state index contributed by atoms with van der Waals surface area (Å²) in [5, 5.41) is 8.11. The fourth-order valence-corrected chi connectivity index (χ4v) is 3.20. The molecule has 8 heteroatoms. The van der Waals surface area contributed by atoms with Crippen molar-refractivity contribution in [1.29, 1.82) is 0 Å². The summed E-state index contributed by atoms with van der Waals surface area (Å²) >= 11 is 0. The van der Waals surface area contributed by atoms with Gasteiger partial charge in [0.05, 0.1) is 5.56 Å². The van der Waals surface area contributed by atoms with E-state index < -0.39 is 0 Å². The zero-order valence-electron chi connectivity index (χ0n) is 16.7. The summed E-state index contributed by atoms with van der Waals surface area (Å²) in [6, 6.07) is 11.0. The Kier molecular flexibility index (Phi) is 4.91. The number of hydrogen-bond acceptors (Lipinski definition) is 8. The molecule has 6 bridgehead atoms.